The maximum absolute atomic E-state index is 12.6. The van der Waals surface area contributed by atoms with Crippen LogP contribution in [0.1, 0.15) is 25.8 Å². The minimum Gasteiger partial charge on any atom is -0.497 e. The molecule has 0 atom stereocenters. The molecule has 0 aliphatic rings. The summed E-state index contributed by atoms with van der Waals surface area (Å²) < 4.78 is 10.2. The molecule has 2 heterocycles. The second-order valence-electron chi connectivity index (χ2n) is 5.60. The van der Waals surface area contributed by atoms with Crippen molar-refractivity contribution in [3.05, 3.63) is 71.0 Å². The normalized spacial score (nSPS) is 10.4. The predicted molar refractivity (Wildman–Crippen MR) is 99.8 cm³/mol. The van der Waals surface area contributed by atoms with Crippen molar-refractivity contribution >= 4 is 28.2 Å². The number of anilines is 1. The highest BCUT2D eigenvalue weighted by Crippen LogP contribution is 2.24. The van der Waals surface area contributed by atoms with Gasteiger partial charge in [-0.05, 0) is 42.0 Å². The highest BCUT2D eigenvalue weighted by molar-refractivity contribution is 7.18. The van der Waals surface area contributed by atoms with E-state index in [0.29, 0.717) is 16.4 Å². The molecule has 7 heteroatoms. The lowest BCUT2D eigenvalue weighted by molar-refractivity contribution is 0.0789. The molecule has 2 amide bonds. The van der Waals surface area contributed by atoms with Crippen LogP contribution in [0.15, 0.2) is 59.2 Å². The molecule has 1 aromatic carbocycles. The molecule has 2 aromatic heterocycles. The number of hydrogen-bond donors (Lipinski definition) is 1. The Balaban J connectivity index is 1.62. The summed E-state index contributed by atoms with van der Waals surface area (Å²) in [5, 5.41) is 3.31. The topological polar surface area (TPSA) is 71.8 Å². The molecule has 0 unspecified atom stereocenters. The fourth-order valence-electron chi connectivity index (χ4n) is 2.37. The van der Waals surface area contributed by atoms with Crippen LogP contribution in [-0.4, -0.2) is 30.9 Å². The van der Waals surface area contributed by atoms with Crippen molar-refractivity contribution in [2.75, 3.05) is 19.5 Å². The molecule has 1 N–H and O–H groups in total. The van der Waals surface area contributed by atoms with Gasteiger partial charge in [-0.25, -0.2) is 0 Å². The average Bonchev–Trinajstić information content (AvgIpc) is 3.33. The second-order valence-corrected chi connectivity index (χ2v) is 6.69. The molecule has 3 aromatic rings. The lowest BCUT2D eigenvalue weighted by Gasteiger charge is -2.16. The van der Waals surface area contributed by atoms with Crippen LogP contribution in [0, 0.1) is 0 Å². The van der Waals surface area contributed by atoms with Crippen molar-refractivity contribution in [2.45, 2.75) is 6.54 Å². The van der Waals surface area contributed by atoms with Crippen LogP contribution in [0.25, 0.3) is 0 Å². The van der Waals surface area contributed by atoms with Crippen molar-refractivity contribution in [1.82, 2.24) is 4.90 Å². The largest absolute Gasteiger partial charge is 0.497 e. The van der Waals surface area contributed by atoms with Gasteiger partial charge in [0.15, 0.2) is 5.76 Å². The van der Waals surface area contributed by atoms with Crippen LogP contribution in [0.5, 0.6) is 5.75 Å². The van der Waals surface area contributed by atoms with E-state index in [1.165, 1.54) is 17.6 Å². The molecule has 0 spiro atoms. The number of carbonyl (C=O) groups excluding carboxylic acids is 2. The first-order chi connectivity index (χ1) is 12.6. The molecular formula is C19H18N2O4S. The Labute approximate surface area is 155 Å². The monoisotopic (exact) mass is 370 g/mol. The molecule has 0 bridgehead atoms. The first kappa shape index (κ1) is 17.8. The van der Waals surface area contributed by atoms with E-state index in [0.717, 1.165) is 11.3 Å². The molecule has 0 fully saturated rings. The lowest BCUT2D eigenvalue weighted by Crippen LogP contribution is -2.25. The van der Waals surface area contributed by atoms with Gasteiger partial charge in [-0.2, -0.15) is 0 Å². The molecule has 0 aliphatic carbocycles. The number of carbonyl (C=O) groups is 2. The third kappa shape index (κ3) is 4.12. The first-order valence-corrected chi connectivity index (χ1v) is 8.71. The predicted octanol–water partition coefficient (Wildman–Crippen LogP) is 3.87. The zero-order chi connectivity index (χ0) is 18.5. The van der Waals surface area contributed by atoms with Crippen LogP contribution >= 0.6 is 11.3 Å². The second kappa shape index (κ2) is 7.88. The summed E-state index contributed by atoms with van der Waals surface area (Å²) in [5.41, 5.74) is 1.00. The third-order valence-electron chi connectivity index (χ3n) is 3.72. The zero-order valence-electron chi connectivity index (χ0n) is 14.4. The molecular weight excluding hydrogens is 352 g/mol. The molecule has 0 saturated carbocycles. The Hall–Kier alpha value is -3.06. The third-order valence-corrected chi connectivity index (χ3v) is 4.71. The minimum absolute atomic E-state index is 0.107. The van der Waals surface area contributed by atoms with Crippen molar-refractivity contribution in [1.29, 1.82) is 0 Å². The average molecular weight is 370 g/mol. The van der Waals surface area contributed by atoms with Gasteiger partial charge in [0.25, 0.3) is 11.8 Å². The Morgan fingerprint density at radius 1 is 1.15 bits per heavy atom. The molecule has 26 heavy (non-hydrogen) atoms. The lowest BCUT2D eigenvalue weighted by atomic mass is 10.2. The summed E-state index contributed by atoms with van der Waals surface area (Å²) in [5.74, 6) is 0.549. The summed E-state index contributed by atoms with van der Waals surface area (Å²) in [4.78, 5) is 26.7. The standard InChI is InChI=1S/C19H18N2O4S/c1-21(12-13-5-7-14(24-2)8-6-13)19(23)16-9-10-17(26-16)20-18(22)15-4-3-11-25-15/h3-11H,12H2,1-2H3,(H,20,22). The Kier molecular flexibility index (Phi) is 5.38. The number of hydrogen-bond acceptors (Lipinski definition) is 5. The number of furan rings is 1. The van der Waals surface area contributed by atoms with Gasteiger partial charge in [-0.3, -0.25) is 9.59 Å². The highest BCUT2D eigenvalue weighted by Gasteiger charge is 2.16. The van der Waals surface area contributed by atoms with Gasteiger partial charge >= 0.3 is 0 Å². The van der Waals surface area contributed by atoms with Crippen LogP contribution in [-0.2, 0) is 6.54 Å². The van der Waals surface area contributed by atoms with Gasteiger partial charge in [0.05, 0.1) is 23.3 Å². The first-order valence-electron chi connectivity index (χ1n) is 7.90. The number of methoxy groups -OCH3 is 1. The summed E-state index contributed by atoms with van der Waals surface area (Å²) in [6.45, 7) is 0.481. The van der Waals surface area contributed by atoms with Crippen LogP contribution in [0.4, 0.5) is 5.00 Å². The van der Waals surface area contributed by atoms with E-state index in [4.69, 9.17) is 9.15 Å². The Morgan fingerprint density at radius 3 is 2.58 bits per heavy atom. The van der Waals surface area contributed by atoms with E-state index in [2.05, 4.69) is 5.32 Å². The summed E-state index contributed by atoms with van der Waals surface area (Å²) >= 11 is 1.23. The molecule has 0 aliphatic heterocycles. The van der Waals surface area contributed by atoms with E-state index in [9.17, 15) is 9.59 Å². The number of ether oxygens (including phenoxy) is 1. The maximum atomic E-state index is 12.6. The summed E-state index contributed by atoms with van der Waals surface area (Å²) in [6, 6.07) is 14.2. The van der Waals surface area contributed by atoms with Crippen molar-refractivity contribution < 1.29 is 18.7 Å². The molecule has 0 saturated heterocycles. The molecule has 6 nitrogen and oxygen atoms in total. The SMILES string of the molecule is COc1ccc(CN(C)C(=O)c2ccc(NC(=O)c3ccco3)s2)cc1. The van der Waals surface area contributed by atoms with Crippen molar-refractivity contribution in [3.63, 3.8) is 0 Å². The number of rotatable bonds is 6. The van der Waals surface area contributed by atoms with Gasteiger partial charge in [-0.15, -0.1) is 11.3 Å². The van der Waals surface area contributed by atoms with Gasteiger partial charge in [0.2, 0.25) is 0 Å². The number of benzene rings is 1. The Bertz CT molecular complexity index is 885. The van der Waals surface area contributed by atoms with Crippen LogP contribution in [0.3, 0.4) is 0 Å². The number of nitrogens with zero attached hydrogens (tertiary/aromatic N) is 1. The smallest absolute Gasteiger partial charge is 0.291 e. The molecule has 0 radical (unpaired) electrons. The minimum atomic E-state index is -0.345. The van der Waals surface area contributed by atoms with Crippen LogP contribution < -0.4 is 10.1 Å². The fraction of sp³-hybridized carbons (Fsp3) is 0.158. The summed E-state index contributed by atoms with van der Waals surface area (Å²) in [7, 11) is 3.36. The van der Waals surface area contributed by atoms with Gasteiger partial charge in [0, 0.05) is 13.6 Å². The summed E-state index contributed by atoms with van der Waals surface area (Å²) in [6.07, 6.45) is 1.44. The van der Waals surface area contributed by atoms with Crippen molar-refractivity contribution in [3.8, 4) is 5.75 Å². The number of amides is 2. The van der Waals surface area contributed by atoms with Gasteiger partial charge in [-0.1, -0.05) is 12.1 Å². The molecule has 3 rings (SSSR count). The van der Waals surface area contributed by atoms with E-state index in [1.807, 2.05) is 24.3 Å². The van der Waals surface area contributed by atoms with E-state index >= 15 is 0 Å². The molecule has 134 valence electrons. The van der Waals surface area contributed by atoms with E-state index < -0.39 is 0 Å². The fourth-order valence-corrected chi connectivity index (χ4v) is 3.26. The van der Waals surface area contributed by atoms with Crippen molar-refractivity contribution in [2.24, 2.45) is 0 Å². The number of nitrogens with one attached hydrogen (secondary N) is 1. The van der Waals surface area contributed by atoms with Crippen LogP contribution in [0.2, 0.25) is 0 Å². The zero-order valence-corrected chi connectivity index (χ0v) is 15.2. The Morgan fingerprint density at radius 2 is 1.92 bits per heavy atom. The van der Waals surface area contributed by atoms with E-state index in [1.54, 1.807) is 43.3 Å². The number of thiophene rings is 1. The van der Waals surface area contributed by atoms with Gasteiger partial charge in [0.1, 0.15) is 5.75 Å². The quantitative estimate of drug-likeness (QED) is 0.715. The highest BCUT2D eigenvalue weighted by atomic mass is 32.1. The van der Waals surface area contributed by atoms with Gasteiger partial charge < -0.3 is 19.4 Å². The van der Waals surface area contributed by atoms with E-state index in [-0.39, 0.29) is 17.6 Å². The maximum Gasteiger partial charge on any atom is 0.291 e.